The van der Waals surface area contributed by atoms with Crippen molar-refractivity contribution < 1.29 is 13.2 Å². The molecule has 0 aromatic heterocycles. The van der Waals surface area contributed by atoms with Crippen LogP contribution in [-0.2, 0) is 21.3 Å². The molecule has 1 heterocycles. The van der Waals surface area contributed by atoms with E-state index in [2.05, 4.69) is 17.2 Å². The number of aliphatic imine (C=N–C) groups is 1. The third kappa shape index (κ3) is 5.69. The van der Waals surface area contributed by atoms with E-state index in [1.54, 1.807) is 35.7 Å². The normalized spacial score (nSPS) is 20.7. The number of benzene rings is 1. The summed E-state index contributed by atoms with van der Waals surface area (Å²) in [6.45, 7) is 6.16. The van der Waals surface area contributed by atoms with Crippen molar-refractivity contribution in [2.75, 3.05) is 26.8 Å². The van der Waals surface area contributed by atoms with Crippen molar-refractivity contribution in [2.45, 2.75) is 44.2 Å². The van der Waals surface area contributed by atoms with E-state index in [0.29, 0.717) is 43.0 Å². The molecule has 0 bridgehead atoms. The minimum absolute atomic E-state index is 0.0724. The lowest BCUT2D eigenvalue weighted by atomic mass is 10.0. The summed E-state index contributed by atoms with van der Waals surface area (Å²) in [5.74, 6) is 0.747. The quantitative estimate of drug-likeness (QED) is 0.551. The van der Waals surface area contributed by atoms with Gasteiger partial charge in [0.2, 0.25) is 10.0 Å². The van der Waals surface area contributed by atoms with E-state index in [9.17, 15) is 8.42 Å². The lowest BCUT2D eigenvalue weighted by Crippen LogP contribution is -2.40. The number of methoxy groups -OCH3 is 1. The summed E-state index contributed by atoms with van der Waals surface area (Å²) in [6.07, 6.45) is 2.00. The van der Waals surface area contributed by atoms with Crippen LogP contribution in [0.15, 0.2) is 34.2 Å². The lowest BCUT2D eigenvalue weighted by molar-refractivity contribution is 0.179. The van der Waals surface area contributed by atoms with Crippen LogP contribution in [0.4, 0.5) is 0 Å². The number of sulfonamides is 1. The zero-order valence-corrected chi connectivity index (χ0v) is 16.6. The minimum Gasteiger partial charge on any atom is -0.383 e. The van der Waals surface area contributed by atoms with Gasteiger partial charge in [-0.2, -0.15) is 4.31 Å². The number of hydrogen-bond acceptors (Lipinski definition) is 4. The first-order valence-electron chi connectivity index (χ1n) is 8.97. The van der Waals surface area contributed by atoms with Gasteiger partial charge in [-0.25, -0.2) is 13.4 Å². The van der Waals surface area contributed by atoms with E-state index >= 15 is 0 Å². The van der Waals surface area contributed by atoms with Crippen LogP contribution in [0.2, 0.25) is 0 Å². The molecule has 1 aliphatic rings. The van der Waals surface area contributed by atoms with Crippen LogP contribution in [0, 0.1) is 5.92 Å². The van der Waals surface area contributed by atoms with Crippen LogP contribution in [-0.4, -0.2) is 51.5 Å². The Morgan fingerprint density at radius 3 is 2.73 bits per heavy atom. The van der Waals surface area contributed by atoms with Crippen LogP contribution in [0.1, 0.15) is 32.3 Å². The van der Waals surface area contributed by atoms with Crippen molar-refractivity contribution in [3.05, 3.63) is 29.8 Å². The summed E-state index contributed by atoms with van der Waals surface area (Å²) in [7, 11) is -1.79. The fraction of sp³-hybridized carbons (Fsp3) is 0.611. The molecule has 2 rings (SSSR count). The molecule has 0 amide bonds. The maximum Gasteiger partial charge on any atom is 0.243 e. The Labute approximate surface area is 156 Å². The standard InChI is InChI=1S/C18H30N4O3S/c1-14-5-4-10-22(12-14)26(23,24)17-8-6-16(7-9-17)11-20-18(19)21-15(2)13-25-3/h6-9,14-15H,4-5,10-13H2,1-3H3,(H3,19,20,21). The van der Waals surface area contributed by atoms with Crippen LogP contribution in [0.25, 0.3) is 0 Å². The number of nitrogens with zero attached hydrogens (tertiary/aromatic N) is 2. The van der Waals surface area contributed by atoms with Crippen molar-refractivity contribution in [3.8, 4) is 0 Å². The molecule has 0 spiro atoms. The number of nitrogens with one attached hydrogen (secondary N) is 1. The molecule has 1 saturated heterocycles. The molecular formula is C18H30N4O3S. The van der Waals surface area contributed by atoms with Gasteiger partial charge in [-0.1, -0.05) is 19.1 Å². The lowest BCUT2D eigenvalue weighted by Gasteiger charge is -2.30. The van der Waals surface area contributed by atoms with E-state index in [1.807, 2.05) is 6.92 Å². The van der Waals surface area contributed by atoms with Crippen molar-refractivity contribution in [2.24, 2.45) is 16.6 Å². The average molecular weight is 383 g/mol. The summed E-state index contributed by atoms with van der Waals surface area (Å²) < 4.78 is 32.1. The fourth-order valence-corrected chi connectivity index (χ4v) is 4.65. The summed E-state index contributed by atoms with van der Waals surface area (Å²) in [5.41, 5.74) is 6.75. The Kier molecular flexibility index (Phi) is 7.43. The van der Waals surface area contributed by atoms with Crippen LogP contribution in [0.3, 0.4) is 0 Å². The molecular weight excluding hydrogens is 352 g/mol. The molecule has 7 nitrogen and oxygen atoms in total. The molecule has 1 aromatic carbocycles. The molecule has 146 valence electrons. The second-order valence-electron chi connectivity index (χ2n) is 6.96. The summed E-state index contributed by atoms with van der Waals surface area (Å²) in [5, 5.41) is 3.03. The molecule has 1 aromatic rings. The van der Waals surface area contributed by atoms with Gasteiger partial charge in [0.25, 0.3) is 0 Å². The van der Waals surface area contributed by atoms with Crippen LogP contribution < -0.4 is 11.1 Å². The third-order valence-electron chi connectivity index (χ3n) is 4.42. The van der Waals surface area contributed by atoms with Gasteiger partial charge < -0.3 is 15.8 Å². The molecule has 2 atom stereocenters. The van der Waals surface area contributed by atoms with Crippen molar-refractivity contribution in [1.82, 2.24) is 9.62 Å². The van der Waals surface area contributed by atoms with E-state index in [4.69, 9.17) is 10.5 Å². The monoisotopic (exact) mass is 382 g/mol. The molecule has 2 unspecified atom stereocenters. The molecule has 3 N–H and O–H groups in total. The first-order valence-corrected chi connectivity index (χ1v) is 10.4. The Morgan fingerprint density at radius 2 is 2.12 bits per heavy atom. The van der Waals surface area contributed by atoms with E-state index in [0.717, 1.165) is 18.4 Å². The second-order valence-corrected chi connectivity index (χ2v) is 8.89. The first-order chi connectivity index (χ1) is 12.3. The molecule has 26 heavy (non-hydrogen) atoms. The van der Waals surface area contributed by atoms with Crippen molar-refractivity contribution >= 4 is 16.0 Å². The van der Waals surface area contributed by atoms with Gasteiger partial charge in [0.15, 0.2) is 5.96 Å². The topological polar surface area (TPSA) is 97.0 Å². The maximum atomic E-state index is 12.7. The number of nitrogens with two attached hydrogens (primary N) is 1. The Balaban J connectivity index is 1.99. The highest BCUT2D eigenvalue weighted by Crippen LogP contribution is 2.23. The van der Waals surface area contributed by atoms with Crippen LogP contribution in [0.5, 0.6) is 0 Å². The van der Waals surface area contributed by atoms with Gasteiger partial charge in [0, 0.05) is 26.2 Å². The van der Waals surface area contributed by atoms with E-state index < -0.39 is 10.0 Å². The average Bonchev–Trinajstić information content (AvgIpc) is 2.60. The number of ether oxygens (including phenoxy) is 1. The minimum atomic E-state index is -3.42. The third-order valence-corrected chi connectivity index (χ3v) is 6.30. The molecule has 1 aliphatic heterocycles. The van der Waals surface area contributed by atoms with Gasteiger partial charge in [-0.15, -0.1) is 0 Å². The van der Waals surface area contributed by atoms with Gasteiger partial charge in [0.05, 0.1) is 18.0 Å². The Morgan fingerprint density at radius 1 is 1.42 bits per heavy atom. The van der Waals surface area contributed by atoms with Gasteiger partial charge in [0.1, 0.15) is 0 Å². The zero-order valence-electron chi connectivity index (χ0n) is 15.8. The predicted molar refractivity (Wildman–Crippen MR) is 103 cm³/mol. The highest BCUT2D eigenvalue weighted by molar-refractivity contribution is 7.89. The van der Waals surface area contributed by atoms with Gasteiger partial charge in [-0.3, -0.25) is 0 Å². The van der Waals surface area contributed by atoms with Crippen LogP contribution >= 0.6 is 0 Å². The fourth-order valence-electron chi connectivity index (χ4n) is 3.05. The first kappa shape index (κ1) is 20.7. The predicted octanol–water partition coefficient (Wildman–Crippen LogP) is 1.55. The summed E-state index contributed by atoms with van der Waals surface area (Å²) in [4.78, 5) is 4.61. The van der Waals surface area contributed by atoms with Gasteiger partial charge in [-0.05, 0) is 43.4 Å². The summed E-state index contributed by atoms with van der Waals surface area (Å²) >= 11 is 0. The molecule has 0 saturated carbocycles. The maximum absolute atomic E-state index is 12.7. The van der Waals surface area contributed by atoms with E-state index in [-0.39, 0.29) is 6.04 Å². The number of rotatable bonds is 7. The number of hydrogen-bond donors (Lipinski definition) is 2. The molecule has 0 radical (unpaired) electrons. The number of guanidine groups is 1. The Hall–Kier alpha value is -1.64. The molecule has 8 heteroatoms. The van der Waals surface area contributed by atoms with Crippen molar-refractivity contribution in [1.29, 1.82) is 0 Å². The Bertz CT molecular complexity index is 704. The van der Waals surface area contributed by atoms with E-state index in [1.165, 1.54) is 0 Å². The smallest absolute Gasteiger partial charge is 0.243 e. The second kappa shape index (κ2) is 9.34. The van der Waals surface area contributed by atoms with Gasteiger partial charge >= 0.3 is 0 Å². The zero-order chi connectivity index (χ0) is 19.2. The largest absolute Gasteiger partial charge is 0.383 e. The van der Waals surface area contributed by atoms with Crippen molar-refractivity contribution in [3.63, 3.8) is 0 Å². The SMILES string of the molecule is COCC(C)NC(N)=NCc1ccc(S(=O)(=O)N2CCCC(C)C2)cc1. The molecule has 0 aliphatic carbocycles. The summed E-state index contributed by atoms with van der Waals surface area (Å²) in [6, 6.07) is 6.95. The number of piperidine rings is 1. The molecule has 1 fully saturated rings. The highest BCUT2D eigenvalue weighted by atomic mass is 32.2. The highest BCUT2D eigenvalue weighted by Gasteiger charge is 2.28.